The minimum Gasteiger partial charge on any atom is -0.445 e. The van der Waals surface area contributed by atoms with Gasteiger partial charge in [0.25, 0.3) is 12.3 Å². The summed E-state index contributed by atoms with van der Waals surface area (Å²) in [7, 11) is 0. The Bertz CT molecular complexity index is 1890. The highest BCUT2D eigenvalue weighted by Gasteiger charge is 2.50. The molecule has 1 spiro atoms. The number of aromatic nitrogens is 2. The first-order valence-corrected chi connectivity index (χ1v) is 17.7. The molecular formula is C38H43F2N5O4S. The number of nitrogens with zero attached hydrogens (tertiary/aromatic N) is 4. The minimum absolute atomic E-state index is 0.00488. The highest BCUT2D eigenvalue weighted by atomic mass is 32.1. The monoisotopic (exact) mass is 703 g/mol. The number of benzene rings is 2. The number of likely N-dealkylation sites (tertiary alicyclic amines) is 1. The van der Waals surface area contributed by atoms with Gasteiger partial charge in [-0.1, -0.05) is 63.7 Å². The zero-order chi connectivity index (χ0) is 35.8. The fourth-order valence-electron chi connectivity index (χ4n) is 6.99. The molecule has 0 radical (unpaired) electrons. The summed E-state index contributed by atoms with van der Waals surface area (Å²) >= 11 is 0.755. The van der Waals surface area contributed by atoms with Crippen molar-refractivity contribution in [3.63, 3.8) is 0 Å². The molecule has 264 valence electrons. The number of rotatable bonds is 10. The van der Waals surface area contributed by atoms with Crippen molar-refractivity contribution < 1.29 is 27.9 Å². The first-order chi connectivity index (χ1) is 23.8. The van der Waals surface area contributed by atoms with Gasteiger partial charge in [-0.25, -0.2) is 18.6 Å². The molecule has 1 saturated heterocycles. The van der Waals surface area contributed by atoms with Crippen molar-refractivity contribution in [1.29, 1.82) is 0 Å². The Morgan fingerprint density at radius 1 is 1.12 bits per heavy atom. The summed E-state index contributed by atoms with van der Waals surface area (Å²) < 4.78 is 34.4. The summed E-state index contributed by atoms with van der Waals surface area (Å²) in [6, 6.07) is 17.9. The fraction of sp³-hybridized carbons (Fsp3) is 0.421. The van der Waals surface area contributed by atoms with Crippen LogP contribution in [0.3, 0.4) is 0 Å². The predicted octanol–water partition coefficient (Wildman–Crippen LogP) is 8.60. The molecule has 2 aromatic carbocycles. The maximum atomic E-state index is 13.5. The van der Waals surface area contributed by atoms with Crippen molar-refractivity contribution in [3.8, 4) is 0 Å². The Labute approximate surface area is 294 Å². The van der Waals surface area contributed by atoms with Gasteiger partial charge in [0, 0.05) is 31.7 Å². The number of amides is 3. The Morgan fingerprint density at radius 3 is 2.52 bits per heavy atom. The second-order valence-corrected chi connectivity index (χ2v) is 15.7. The van der Waals surface area contributed by atoms with Crippen LogP contribution in [0.2, 0.25) is 0 Å². The van der Waals surface area contributed by atoms with Gasteiger partial charge in [0.15, 0.2) is 0 Å². The van der Waals surface area contributed by atoms with E-state index in [-0.39, 0.29) is 51.7 Å². The smallest absolute Gasteiger partial charge is 0.410 e. The molecule has 0 bridgehead atoms. The number of hydrogen-bond donors (Lipinski definition) is 1. The topological polar surface area (TPSA) is 96.8 Å². The average Bonchev–Trinajstić information content (AvgIpc) is 3.82. The van der Waals surface area contributed by atoms with Crippen LogP contribution in [0, 0.1) is 10.8 Å². The number of imidazole rings is 1. The maximum Gasteiger partial charge on any atom is 0.410 e. The third-order valence-electron chi connectivity index (χ3n) is 10.2. The molecule has 0 unspecified atom stereocenters. The van der Waals surface area contributed by atoms with Gasteiger partial charge in [-0.3, -0.25) is 14.9 Å². The summed E-state index contributed by atoms with van der Waals surface area (Å²) in [6.07, 6.45) is 0.737. The number of nitrogens with one attached hydrogen (secondary N) is 1. The van der Waals surface area contributed by atoms with Crippen molar-refractivity contribution in [2.75, 3.05) is 18.4 Å². The largest absolute Gasteiger partial charge is 0.445 e. The van der Waals surface area contributed by atoms with Gasteiger partial charge in [0.05, 0.1) is 20.8 Å². The number of thiophene rings is 1. The van der Waals surface area contributed by atoms with Crippen LogP contribution in [-0.2, 0) is 22.7 Å². The SMILES string of the molecule is C=CC(=O)N1CCC2(CC(n3c(NC(=O)c4ccc(C(F)F)s4)nc4cc(CN(C(=O)OCc5ccccc5)[C@@H](C)C(C)(C)C)ccc43)C2)C1. The molecule has 1 aliphatic heterocycles. The standard InChI is InChI=1S/C38H43F2N5O4S/c1-6-32(46)43-17-16-38(23-43)19-27(20-38)45-29-13-12-26(18-28(29)41-35(45)42-34(47)31-15-14-30(50-31)33(39)40)21-44(24(2)37(3,4)5)36(48)49-22-25-10-8-7-9-11-25/h6-15,18,24,27,33H,1,16-17,19-23H2,2-5H3,(H,41,42,47)/t24-,27?,38?/m0/s1. The molecule has 1 aliphatic carbocycles. The normalized spacial score (nSPS) is 19.4. The van der Waals surface area contributed by atoms with E-state index in [4.69, 9.17) is 9.72 Å². The van der Waals surface area contributed by atoms with Crippen LogP contribution in [0.25, 0.3) is 11.0 Å². The third kappa shape index (κ3) is 7.31. The Morgan fingerprint density at radius 2 is 1.86 bits per heavy atom. The van der Waals surface area contributed by atoms with Crippen LogP contribution < -0.4 is 5.32 Å². The number of anilines is 1. The number of ether oxygens (including phenoxy) is 1. The lowest BCUT2D eigenvalue weighted by molar-refractivity contribution is -0.125. The van der Waals surface area contributed by atoms with Crippen LogP contribution in [0.4, 0.5) is 19.5 Å². The number of fused-ring (bicyclic) bond motifs is 1. The molecule has 12 heteroatoms. The van der Waals surface area contributed by atoms with Crippen molar-refractivity contribution in [1.82, 2.24) is 19.4 Å². The summed E-state index contributed by atoms with van der Waals surface area (Å²) in [6.45, 7) is 13.6. The van der Waals surface area contributed by atoms with E-state index in [2.05, 4.69) is 32.7 Å². The molecule has 3 amide bonds. The molecule has 1 N–H and O–H groups in total. The summed E-state index contributed by atoms with van der Waals surface area (Å²) in [5.74, 6) is -0.257. The van der Waals surface area contributed by atoms with E-state index in [1.807, 2.05) is 64.9 Å². The molecule has 1 saturated carbocycles. The zero-order valence-corrected chi connectivity index (χ0v) is 29.6. The van der Waals surface area contributed by atoms with Crippen LogP contribution in [0.1, 0.15) is 85.1 Å². The van der Waals surface area contributed by atoms with Crippen LogP contribution in [-0.4, -0.2) is 56.4 Å². The number of carbonyl (C=O) groups excluding carboxylic acids is 3. The van der Waals surface area contributed by atoms with Crippen molar-refractivity contribution in [2.24, 2.45) is 10.8 Å². The second kappa shape index (κ2) is 14.0. The van der Waals surface area contributed by atoms with Gasteiger partial charge >= 0.3 is 6.09 Å². The molecular weight excluding hydrogens is 661 g/mol. The molecule has 2 fully saturated rings. The van der Waals surface area contributed by atoms with Gasteiger partial charge in [-0.15, -0.1) is 11.3 Å². The predicted molar refractivity (Wildman–Crippen MR) is 190 cm³/mol. The molecule has 2 aliphatic rings. The lowest BCUT2D eigenvalue weighted by Crippen LogP contribution is -2.45. The number of alkyl halides is 2. The molecule has 3 heterocycles. The number of hydrogen-bond acceptors (Lipinski definition) is 6. The van der Waals surface area contributed by atoms with E-state index in [1.54, 1.807) is 4.90 Å². The molecule has 50 heavy (non-hydrogen) atoms. The average molecular weight is 704 g/mol. The molecule has 1 atom stereocenters. The second-order valence-electron chi connectivity index (χ2n) is 14.6. The quantitative estimate of drug-likeness (QED) is 0.167. The van der Waals surface area contributed by atoms with Crippen LogP contribution in [0.15, 0.2) is 73.3 Å². The molecule has 9 nitrogen and oxygen atoms in total. The van der Waals surface area contributed by atoms with Crippen molar-refractivity contribution in [2.45, 2.75) is 78.6 Å². The first-order valence-electron chi connectivity index (χ1n) is 16.9. The van der Waals surface area contributed by atoms with E-state index in [0.717, 1.165) is 47.2 Å². The van der Waals surface area contributed by atoms with Crippen LogP contribution in [0.5, 0.6) is 0 Å². The van der Waals surface area contributed by atoms with Gasteiger partial charge in [-0.2, -0.15) is 0 Å². The Kier molecular flexibility index (Phi) is 9.85. The maximum absolute atomic E-state index is 13.5. The lowest BCUT2D eigenvalue weighted by Gasteiger charge is -2.46. The highest BCUT2D eigenvalue weighted by Crippen LogP contribution is 2.55. The van der Waals surface area contributed by atoms with E-state index in [0.29, 0.717) is 24.6 Å². The first kappa shape index (κ1) is 35.3. The third-order valence-corrected chi connectivity index (χ3v) is 11.3. The number of halogens is 2. The highest BCUT2D eigenvalue weighted by molar-refractivity contribution is 7.14. The van der Waals surface area contributed by atoms with E-state index < -0.39 is 18.4 Å². The summed E-state index contributed by atoms with van der Waals surface area (Å²) in [4.78, 5) is 47.6. The fourth-order valence-corrected chi connectivity index (χ4v) is 7.75. The van der Waals surface area contributed by atoms with E-state index in [1.165, 1.54) is 18.2 Å². The van der Waals surface area contributed by atoms with E-state index >= 15 is 0 Å². The van der Waals surface area contributed by atoms with E-state index in [9.17, 15) is 23.2 Å². The van der Waals surface area contributed by atoms with Gasteiger partial charge in [-0.05, 0) is 78.5 Å². The van der Waals surface area contributed by atoms with Crippen molar-refractivity contribution >= 4 is 46.2 Å². The molecule has 4 aromatic rings. The van der Waals surface area contributed by atoms with Crippen molar-refractivity contribution in [3.05, 3.63) is 94.2 Å². The molecule has 2 aromatic heterocycles. The summed E-state index contributed by atoms with van der Waals surface area (Å²) in [5, 5.41) is 2.90. The molecule has 6 rings (SSSR count). The van der Waals surface area contributed by atoms with Gasteiger partial charge < -0.3 is 19.1 Å². The lowest BCUT2D eigenvalue weighted by atomic mass is 9.64. The summed E-state index contributed by atoms with van der Waals surface area (Å²) in [5.41, 5.74) is 2.93. The van der Waals surface area contributed by atoms with Crippen LogP contribution >= 0.6 is 11.3 Å². The zero-order valence-electron chi connectivity index (χ0n) is 28.8. The minimum atomic E-state index is -2.66. The Hall–Kier alpha value is -4.58. The van der Waals surface area contributed by atoms with Gasteiger partial charge in [0.1, 0.15) is 6.61 Å². The van der Waals surface area contributed by atoms with Gasteiger partial charge in [0.2, 0.25) is 11.9 Å². The number of carbonyl (C=O) groups is 3. The Balaban J connectivity index is 1.28.